The lowest BCUT2D eigenvalue weighted by Gasteiger charge is -2.14. The Morgan fingerprint density at radius 1 is 0.810 bits per heavy atom. The summed E-state index contributed by atoms with van der Waals surface area (Å²) in [6.45, 7) is 11.0. The number of hydrogen-bond donors (Lipinski definition) is 0. The maximum atomic E-state index is 13.4. The van der Waals surface area contributed by atoms with Gasteiger partial charge in [-0.25, -0.2) is 4.79 Å². The number of allylic oxidation sites excluding steroid dienone is 4. The molecule has 3 aromatic carbocycles. The molecule has 0 saturated heterocycles. The second-order valence-electron chi connectivity index (χ2n) is 10.8. The second-order valence-corrected chi connectivity index (χ2v) is 13.1. The number of oxime groups is 1. The van der Waals surface area contributed by atoms with Crippen LogP contribution in [0.3, 0.4) is 0 Å². The molecule has 42 heavy (non-hydrogen) atoms. The number of aryl methyl sites for hydroxylation is 1. The van der Waals surface area contributed by atoms with Gasteiger partial charge in [0.25, 0.3) is 0 Å². The zero-order chi connectivity index (χ0) is 30.7. The Balaban J connectivity index is 1.70. The van der Waals surface area contributed by atoms with Crippen LogP contribution in [0.4, 0.5) is 0 Å². The molecule has 3 aromatic rings. The van der Waals surface area contributed by atoms with Gasteiger partial charge in [0.2, 0.25) is 5.78 Å². The molecule has 0 aliphatic heterocycles. The Kier molecular flexibility index (Phi) is 12.1. The molecule has 0 spiro atoms. The van der Waals surface area contributed by atoms with Crippen LogP contribution in [0.1, 0.15) is 67.3 Å². The van der Waals surface area contributed by atoms with Crippen molar-refractivity contribution in [1.82, 2.24) is 0 Å². The van der Waals surface area contributed by atoms with Crippen LogP contribution in [0.5, 0.6) is 0 Å². The van der Waals surface area contributed by atoms with E-state index in [9.17, 15) is 14.4 Å². The van der Waals surface area contributed by atoms with Gasteiger partial charge >= 0.3 is 5.97 Å². The number of Topliss-reactive ketones (excluding diaryl/α,β-unsaturated/α-hetero) is 2. The molecule has 0 fully saturated rings. The highest BCUT2D eigenvalue weighted by Gasteiger charge is 2.25. The summed E-state index contributed by atoms with van der Waals surface area (Å²) in [4.78, 5) is 46.5. The van der Waals surface area contributed by atoms with Crippen LogP contribution in [-0.2, 0) is 9.63 Å². The molecule has 0 aromatic heterocycles. The van der Waals surface area contributed by atoms with Gasteiger partial charge in [-0.1, -0.05) is 52.8 Å². The molecule has 0 aliphatic rings. The molecule has 0 saturated carbocycles. The van der Waals surface area contributed by atoms with Gasteiger partial charge in [0.1, 0.15) is 5.71 Å². The summed E-state index contributed by atoms with van der Waals surface area (Å²) >= 11 is 3.15. The van der Waals surface area contributed by atoms with E-state index in [0.29, 0.717) is 28.9 Å². The molecule has 0 heterocycles. The Morgan fingerprint density at radius 3 is 1.86 bits per heavy atom. The largest absolute Gasteiger partial charge is 0.340 e. The summed E-state index contributed by atoms with van der Waals surface area (Å²) in [6.07, 6.45) is 5.89. The van der Waals surface area contributed by atoms with Crippen molar-refractivity contribution in [3.05, 3.63) is 113 Å². The first-order valence-electron chi connectivity index (χ1n) is 13.7. The summed E-state index contributed by atoms with van der Waals surface area (Å²) in [5.74, 6) is -0.169. The minimum Gasteiger partial charge on any atom is -0.317 e. The number of hydrogen-bond acceptors (Lipinski definition) is 7. The van der Waals surface area contributed by atoms with Gasteiger partial charge in [0, 0.05) is 38.0 Å². The summed E-state index contributed by atoms with van der Waals surface area (Å²) in [5, 5.41) is 4.02. The SMILES string of the molecule is C/C=C\C=C(/C)C(=O)c1ccc(Sc2ccc(C(=O)/C(CCSc3ccc(C)cc3)=N/OC(=O)C(C)(C)C)cc2)cc1. The standard InChI is InChI=1S/C35H37NO4S2/c1-7-8-9-25(3)32(37)26-12-18-29(19-13-26)42-30-20-14-27(15-21-30)33(38)31(36-40-34(39)35(4,5)6)22-23-41-28-16-10-24(2)11-17-28/h7-21H,22-23H2,1-6H3/b8-7-,25-9+,36-31+. The lowest BCUT2D eigenvalue weighted by molar-refractivity contribution is -0.152. The van der Waals surface area contributed by atoms with Crippen LogP contribution in [0.15, 0.2) is 116 Å². The molecule has 218 valence electrons. The molecule has 7 heteroatoms. The van der Waals surface area contributed by atoms with E-state index in [1.807, 2.05) is 86.7 Å². The van der Waals surface area contributed by atoms with Crippen molar-refractivity contribution in [2.45, 2.75) is 62.6 Å². The van der Waals surface area contributed by atoms with Gasteiger partial charge in [-0.3, -0.25) is 9.59 Å². The number of carbonyl (C=O) groups excluding carboxylic acids is 3. The van der Waals surface area contributed by atoms with E-state index in [2.05, 4.69) is 5.16 Å². The van der Waals surface area contributed by atoms with Crippen LogP contribution in [0.2, 0.25) is 0 Å². The number of benzene rings is 3. The average molecular weight is 600 g/mol. The van der Waals surface area contributed by atoms with Crippen molar-refractivity contribution in [3.63, 3.8) is 0 Å². The van der Waals surface area contributed by atoms with Crippen molar-refractivity contribution < 1.29 is 19.2 Å². The fourth-order valence-corrected chi connectivity index (χ4v) is 5.21. The fourth-order valence-electron chi connectivity index (χ4n) is 3.53. The van der Waals surface area contributed by atoms with Gasteiger partial charge < -0.3 is 4.84 Å². The smallest absolute Gasteiger partial charge is 0.317 e. The predicted molar refractivity (Wildman–Crippen MR) is 174 cm³/mol. The highest BCUT2D eigenvalue weighted by molar-refractivity contribution is 7.99. The fraction of sp³-hybridized carbons (Fsp3) is 0.257. The quantitative estimate of drug-likeness (QED) is 0.0393. The van der Waals surface area contributed by atoms with Gasteiger partial charge in [-0.15, -0.1) is 11.8 Å². The monoisotopic (exact) mass is 599 g/mol. The van der Waals surface area contributed by atoms with Crippen molar-refractivity contribution in [1.29, 1.82) is 0 Å². The van der Waals surface area contributed by atoms with E-state index in [1.165, 1.54) is 17.3 Å². The minimum atomic E-state index is -0.736. The number of ketones is 2. The number of carbonyl (C=O) groups is 3. The first kappa shape index (κ1) is 32.8. The Bertz CT molecular complexity index is 1480. The molecular weight excluding hydrogens is 563 g/mol. The normalized spacial score (nSPS) is 12.4. The molecule has 3 rings (SSSR count). The van der Waals surface area contributed by atoms with Crippen LogP contribution in [0, 0.1) is 12.3 Å². The van der Waals surface area contributed by atoms with Gasteiger partial charge in [-0.05, 0) is 108 Å². The van der Waals surface area contributed by atoms with Crippen molar-refractivity contribution >= 4 is 46.8 Å². The van der Waals surface area contributed by atoms with E-state index in [1.54, 1.807) is 57.7 Å². The molecule has 0 atom stereocenters. The summed E-state index contributed by atoms with van der Waals surface area (Å²) < 4.78 is 0. The number of nitrogens with zero attached hydrogens (tertiary/aromatic N) is 1. The zero-order valence-electron chi connectivity index (χ0n) is 25.0. The van der Waals surface area contributed by atoms with Crippen LogP contribution < -0.4 is 0 Å². The molecule has 5 nitrogen and oxygen atoms in total. The maximum Gasteiger partial charge on any atom is 0.340 e. The van der Waals surface area contributed by atoms with Gasteiger partial charge in [0.15, 0.2) is 5.78 Å². The Hall–Kier alpha value is -3.68. The van der Waals surface area contributed by atoms with E-state index in [0.717, 1.165) is 14.7 Å². The molecule has 0 N–H and O–H groups in total. The lowest BCUT2D eigenvalue weighted by atomic mass is 9.98. The van der Waals surface area contributed by atoms with E-state index >= 15 is 0 Å². The number of rotatable bonds is 12. The Labute approximate surface area is 257 Å². The zero-order valence-corrected chi connectivity index (χ0v) is 26.6. The third-order valence-corrected chi connectivity index (χ3v) is 8.14. The van der Waals surface area contributed by atoms with Gasteiger partial charge in [-0.2, -0.15) is 0 Å². The molecule has 0 unspecified atom stereocenters. The van der Waals surface area contributed by atoms with Crippen LogP contribution >= 0.6 is 23.5 Å². The summed E-state index contributed by atoms with van der Waals surface area (Å²) in [6, 6.07) is 22.9. The molecule has 0 radical (unpaired) electrons. The van der Waals surface area contributed by atoms with Crippen molar-refractivity contribution in [3.8, 4) is 0 Å². The first-order valence-corrected chi connectivity index (χ1v) is 15.5. The van der Waals surface area contributed by atoms with Crippen LogP contribution in [0.25, 0.3) is 0 Å². The highest BCUT2D eigenvalue weighted by Crippen LogP contribution is 2.29. The second kappa shape index (κ2) is 15.5. The Morgan fingerprint density at radius 2 is 1.33 bits per heavy atom. The average Bonchev–Trinajstić information content (AvgIpc) is 2.98. The van der Waals surface area contributed by atoms with Crippen molar-refractivity contribution in [2.75, 3.05) is 5.75 Å². The van der Waals surface area contributed by atoms with Crippen molar-refractivity contribution in [2.24, 2.45) is 10.6 Å². The van der Waals surface area contributed by atoms with E-state index in [-0.39, 0.29) is 17.3 Å². The predicted octanol–water partition coefficient (Wildman–Crippen LogP) is 9.16. The van der Waals surface area contributed by atoms with Gasteiger partial charge in [0.05, 0.1) is 5.41 Å². The topological polar surface area (TPSA) is 72.8 Å². The third-order valence-electron chi connectivity index (χ3n) is 6.11. The summed E-state index contributed by atoms with van der Waals surface area (Å²) in [7, 11) is 0. The summed E-state index contributed by atoms with van der Waals surface area (Å²) in [5.41, 5.74) is 2.43. The third kappa shape index (κ3) is 10.00. The molecule has 0 aliphatic carbocycles. The maximum absolute atomic E-state index is 13.4. The minimum absolute atomic E-state index is 0.00423. The number of thioether (sulfide) groups is 1. The molecule has 0 amide bonds. The van der Waals surface area contributed by atoms with E-state index < -0.39 is 11.4 Å². The highest BCUT2D eigenvalue weighted by atomic mass is 32.2. The van der Waals surface area contributed by atoms with Crippen LogP contribution in [-0.4, -0.2) is 29.0 Å². The van der Waals surface area contributed by atoms with E-state index in [4.69, 9.17) is 4.84 Å². The molecular formula is C35H37NO4S2. The lowest BCUT2D eigenvalue weighted by Crippen LogP contribution is -2.23. The first-order chi connectivity index (χ1) is 20.0. The molecule has 0 bridgehead atoms.